The van der Waals surface area contributed by atoms with Crippen LogP contribution in [0.1, 0.15) is 25.2 Å². The third kappa shape index (κ3) is 3.29. The molecule has 0 saturated carbocycles. The number of nitrogens with one attached hydrogen (secondary N) is 1. The minimum atomic E-state index is -0.840. The number of hydrogen-bond donors (Lipinski definition) is 3. The van der Waals surface area contributed by atoms with E-state index in [0.717, 1.165) is 16.6 Å². The van der Waals surface area contributed by atoms with Gasteiger partial charge in [-0.1, -0.05) is 19.9 Å². The van der Waals surface area contributed by atoms with Gasteiger partial charge in [-0.3, -0.25) is 4.79 Å². The van der Waals surface area contributed by atoms with Crippen LogP contribution >= 0.6 is 0 Å². The molecule has 1 aromatic heterocycles. The second-order valence-electron chi connectivity index (χ2n) is 3.31. The molecule has 0 atom stereocenters. The van der Waals surface area contributed by atoms with Crippen LogP contribution in [-0.4, -0.2) is 21.0 Å². The quantitative estimate of drug-likeness (QED) is 0.754. The average Bonchev–Trinajstić information content (AvgIpc) is 2.73. The molecule has 92 valence electrons. The number of rotatable bonds is 3. The summed E-state index contributed by atoms with van der Waals surface area (Å²) in [7, 11) is 0. The van der Waals surface area contributed by atoms with E-state index in [9.17, 15) is 4.79 Å². The van der Waals surface area contributed by atoms with Gasteiger partial charge in [0.2, 0.25) is 0 Å². The zero-order valence-corrected chi connectivity index (χ0v) is 10.0. The van der Waals surface area contributed by atoms with E-state index < -0.39 is 5.97 Å². The van der Waals surface area contributed by atoms with Gasteiger partial charge in [0.1, 0.15) is 5.82 Å². The van der Waals surface area contributed by atoms with Crippen molar-refractivity contribution in [3.8, 4) is 0 Å². The van der Waals surface area contributed by atoms with Crippen LogP contribution in [0.4, 0.5) is 0 Å². The number of carbonyl (C=O) groups is 1. The first kappa shape index (κ1) is 13.2. The van der Waals surface area contributed by atoms with Crippen LogP contribution in [0.25, 0.3) is 11.0 Å². The van der Waals surface area contributed by atoms with Crippen molar-refractivity contribution in [1.29, 1.82) is 0 Å². The van der Waals surface area contributed by atoms with Crippen molar-refractivity contribution in [2.24, 2.45) is 5.73 Å². The van der Waals surface area contributed by atoms with Crippen LogP contribution in [0.2, 0.25) is 0 Å². The molecule has 0 aliphatic rings. The summed E-state index contributed by atoms with van der Waals surface area (Å²) >= 11 is 0. The number of H-pyrrole nitrogens is 1. The third-order valence-electron chi connectivity index (χ3n) is 2.14. The van der Waals surface area contributed by atoms with Gasteiger partial charge in [0.05, 0.1) is 24.0 Å². The van der Waals surface area contributed by atoms with E-state index in [0.29, 0.717) is 12.4 Å². The highest BCUT2D eigenvalue weighted by Gasteiger charge is 2.04. The number of hydrogen-bond acceptors (Lipinski definition) is 3. The molecule has 2 aromatic rings. The Kier molecular flexibility index (Phi) is 4.66. The summed E-state index contributed by atoms with van der Waals surface area (Å²) in [5, 5.41) is 8.64. The molecule has 0 radical (unpaired) electrons. The molecular formula is C12H17N3O2. The van der Waals surface area contributed by atoms with Crippen LogP contribution in [0.15, 0.2) is 18.2 Å². The minimum absolute atomic E-state index is 0.0208. The Morgan fingerprint density at radius 2 is 2.18 bits per heavy atom. The monoisotopic (exact) mass is 235 g/mol. The molecule has 5 nitrogen and oxygen atoms in total. The second kappa shape index (κ2) is 6.00. The standard InChI is InChI=1S/C10H11N3O2.C2H6/c11-5-9-12-7-2-1-6(4-10(14)15)3-8(7)13-9;1-2/h1-3H,4-5,11H2,(H,12,13)(H,14,15);1-2H3. The summed E-state index contributed by atoms with van der Waals surface area (Å²) in [6.45, 7) is 4.35. The number of carboxylic acids is 1. The summed E-state index contributed by atoms with van der Waals surface area (Å²) in [4.78, 5) is 17.8. The molecular weight excluding hydrogens is 218 g/mol. The summed E-state index contributed by atoms with van der Waals surface area (Å²) in [6.07, 6.45) is 0.0208. The van der Waals surface area contributed by atoms with Gasteiger partial charge < -0.3 is 15.8 Å². The molecule has 1 heterocycles. The highest BCUT2D eigenvalue weighted by atomic mass is 16.4. The number of aromatic nitrogens is 2. The number of benzene rings is 1. The van der Waals surface area contributed by atoms with E-state index in [-0.39, 0.29) is 6.42 Å². The van der Waals surface area contributed by atoms with Gasteiger partial charge >= 0.3 is 5.97 Å². The van der Waals surface area contributed by atoms with Gasteiger partial charge in [-0.2, -0.15) is 0 Å². The van der Waals surface area contributed by atoms with E-state index in [2.05, 4.69) is 9.97 Å². The van der Waals surface area contributed by atoms with Gasteiger partial charge in [-0.25, -0.2) is 4.98 Å². The van der Waals surface area contributed by atoms with Crippen molar-refractivity contribution in [2.75, 3.05) is 0 Å². The maximum absolute atomic E-state index is 10.5. The molecule has 5 heteroatoms. The van der Waals surface area contributed by atoms with Crippen LogP contribution in [0.5, 0.6) is 0 Å². The minimum Gasteiger partial charge on any atom is -0.481 e. The highest BCUT2D eigenvalue weighted by molar-refractivity contribution is 5.78. The normalized spacial score (nSPS) is 9.82. The number of aliphatic carboxylic acids is 1. The molecule has 0 aliphatic heterocycles. The van der Waals surface area contributed by atoms with Crippen molar-refractivity contribution in [2.45, 2.75) is 26.8 Å². The van der Waals surface area contributed by atoms with E-state index in [4.69, 9.17) is 10.8 Å². The number of imidazole rings is 1. The number of nitrogens with zero attached hydrogens (tertiary/aromatic N) is 1. The van der Waals surface area contributed by atoms with Gasteiger partial charge in [0.15, 0.2) is 0 Å². The fourth-order valence-corrected chi connectivity index (χ4v) is 1.49. The predicted molar refractivity (Wildman–Crippen MR) is 66.7 cm³/mol. The lowest BCUT2D eigenvalue weighted by Gasteiger charge is -1.95. The lowest BCUT2D eigenvalue weighted by Crippen LogP contribution is -1.99. The SMILES string of the molecule is CC.NCc1nc2ccc(CC(=O)O)cc2[nH]1. The van der Waals surface area contributed by atoms with E-state index in [1.165, 1.54) is 0 Å². The Morgan fingerprint density at radius 1 is 1.47 bits per heavy atom. The Labute approximate surface area is 99.7 Å². The Bertz CT molecular complexity index is 505. The maximum atomic E-state index is 10.5. The van der Waals surface area contributed by atoms with Crippen LogP contribution in [0.3, 0.4) is 0 Å². The van der Waals surface area contributed by atoms with Gasteiger partial charge in [-0.05, 0) is 17.7 Å². The molecule has 0 fully saturated rings. The van der Waals surface area contributed by atoms with Crippen LogP contribution in [-0.2, 0) is 17.8 Å². The molecule has 0 aliphatic carbocycles. The van der Waals surface area contributed by atoms with Crippen molar-refractivity contribution in [3.63, 3.8) is 0 Å². The number of aromatic amines is 1. The van der Waals surface area contributed by atoms with Crippen molar-refractivity contribution < 1.29 is 9.90 Å². The first-order valence-electron chi connectivity index (χ1n) is 5.58. The number of carboxylic acid groups (broad SMARTS) is 1. The van der Waals surface area contributed by atoms with Gasteiger partial charge in [0.25, 0.3) is 0 Å². The van der Waals surface area contributed by atoms with Gasteiger partial charge in [-0.15, -0.1) is 0 Å². The number of nitrogens with two attached hydrogens (primary N) is 1. The summed E-state index contributed by atoms with van der Waals surface area (Å²) in [5.41, 5.74) is 7.83. The maximum Gasteiger partial charge on any atom is 0.307 e. The zero-order chi connectivity index (χ0) is 12.8. The summed E-state index contributed by atoms with van der Waals surface area (Å²) in [6, 6.07) is 5.34. The molecule has 0 bridgehead atoms. The first-order chi connectivity index (χ1) is 8.19. The Balaban J connectivity index is 0.000000686. The Morgan fingerprint density at radius 3 is 2.76 bits per heavy atom. The molecule has 0 amide bonds. The highest BCUT2D eigenvalue weighted by Crippen LogP contribution is 2.14. The number of fused-ring (bicyclic) bond motifs is 1. The molecule has 0 unspecified atom stereocenters. The first-order valence-corrected chi connectivity index (χ1v) is 5.58. The largest absolute Gasteiger partial charge is 0.481 e. The smallest absolute Gasteiger partial charge is 0.307 e. The van der Waals surface area contributed by atoms with E-state index in [1.54, 1.807) is 18.2 Å². The molecule has 17 heavy (non-hydrogen) atoms. The van der Waals surface area contributed by atoms with Crippen LogP contribution in [0, 0.1) is 0 Å². The lowest BCUT2D eigenvalue weighted by atomic mass is 10.1. The average molecular weight is 235 g/mol. The molecule has 4 N–H and O–H groups in total. The predicted octanol–water partition coefficient (Wildman–Crippen LogP) is 1.67. The topological polar surface area (TPSA) is 92.0 Å². The van der Waals surface area contributed by atoms with E-state index >= 15 is 0 Å². The van der Waals surface area contributed by atoms with Crippen molar-refractivity contribution in [1.82, 2.24) is 9.97 Å². The zero-order valence-electron chi connectivity index (χ0n) is 10.0. The van der Waals surface area contributed by atoms with Crippen LogP contribution < -0.4 is 5.73 Å². The van der Waals surface area contributed by atoms with Crippen molar-refractivity contribution >= 4 is 17.0 Å². The fourth-order valence-electron chi connectivity index (χ4n) is 1.49. The molecule has 0 spiro atoms. The Hall–Kier alpha value is -1.88. The lowest BCUT2D eigenvalue weighted by molar-refractivity contribution is -0.136. The van der Waals surface area contributed by atoms with E-state index in [1.807, 2.05) is 13.8 Å². The fraction of sp³-hybridized carbons (Fsp3) is 0.333. The van der Waals surface area contributed by atoms with Gasteiger partial charge in [0, 0.05) is 0 Å². The third-order valence-corrected chi connectivity index (χ3v) is 2.14. The van der Waals surface area contributed by atoms with Crippen molar-refractivity contribution in [3.05, 3.63) is 29.6 Å². The summed E-state index contributed by atoms with van der Waals surface area (Å²) in [5.74, 6) is -0.134. The summed E-state index contributed by atoms with van der Waals surface area (Å²) < 4.78 is 0. The second-order valence-corrected chi connectivity index (χ2v) is 3.31. The molecule has 0 saturated heterocycles. The molecule has 2 rings (SSSR count). The molecule has 1 aromatic carbocycles.